The van der Waals surface area contributed by atoms with Crippen molar-refractivity contribution in [2.75, 3.05) is 7.11 Å². The molecule has 1 aliphatic carbocycles. The van der Waals surface area contributed by atoms with Gasteiger partial charge in [0.1, 0.15) is 4.83 Å². The lowest BCUT2D eigenvalue weighted by Crippen LogP contribution is -2.23. The summed E-state index contributed by atoms with van der Waals surface area (Å²) in [6.45, 7) is 0.184. The number of hydrogen-bond donors (Lipinski definition) is 0. The molecule has 0 spiro atoms. The number of thiophene rings is 1. The second-order valence-electron chi connectivity index (χ2n) is 6.84. The van der Waals surface area contributed by atoms with Crippen molar-refractivity contribution in [3.8, 4) is 17.6 Å². The first-order valence-electron chi connectivity index (χ1n) is 9.39. The topological polar surface area (TPSA) is 94.2 Å². The average Bonchev–Trinajstić information content (AvgIpc) is 3.13. The van der Waals surface area contributed by atoms with Crippen molar-refractivity contribution in [2.24, 2.45) is 0 Å². The Morgan fingerprint density at radius 1 is 1.31 bits per heavy atom. The number of ether oxygens (including phenoxy) is 2. The summed E-state index contributed by atoms with van der Waals surface area (Å²) in [5.41, 5.74) is 1.44. The SMILES string of the molecule is COc1cc(C#N)ccc1OC(=O)CCn1cnc2sc3c(c2c1=O)CCCC3. The van der Waals surface area contributed by atoms with Gasteiger partial charge in [-0.25, -0.2) is 4.98 Å². The summed E-state index contributed by atoms with van der Waals surface area (Å²) in [5.74, 6) is 0.0548. The molecule has 0 amide bonds. The molecule has 7 nitrogen and oxygen atoms in total. The van der Waals surface area contributed by atoms with Gasteiger partial charge in [0.2, 0.25) is 0 Å². The van der Waals surface area contributed by atoms with Crippen molar-refractivity contribution in [1.82, 2.24) is 9.55 Å². The Hall–Kier alpha value is -3.18. The molecule has 8 heteroatoms. The van der Waals surface area contributed by atoms with E-state index in [1.54, 1.807) is 17.4 Å². The molecule has 1 aromatic carbocycles. The van der Waals surface area contributed by atoms with E-state index >= 15 is 0 Å². The van der Waals surface area contributed by atoms with Crippen molar-refractivity contribution in [3.05, 3.63) is 50.9 Å². The highest BCUT2D eigenvalue weighted by atomic mass is 32.1. The summed E-state index contributed by atoms with van der Waals surface area (Å²) in [6.07, 6.45) is 5.68. The van der Waals surface area contributed by atoms with Gasteiger partial charge in [0, 0.05) is 17.5 Å². The van der Waals surface area contributed by atoms with E-state index in [9.17, 15) is 9.59 Å². The van der Waals surface area contributed by atoms with E-state index in [-0.39, 0.29) is 24.3 Å². The normalized spacial score (nSPS) is 13.0. The summed E-state index contributed by atoms with van der Waals surface area (Å²) < 4.78 is 12.0. The zero-order valence-corrected chi connectivity index (χ0v) is 16.8. The van der Waals surface area contributed by atoms with Crippen LogP contribution in [0.15, 0.2) is 29.3 Å². The van der Waals surface area contributed by atoms with E-state index in [1.807, 2.05) is 6.07 Å². The molecule has 29 heavy (non-hydrogen) atoms. The van der Waals surface area contributed by atoms with E-state index in [0.29, 0.717) is 16.7 Å². The predicted octanol–water partition coefficient (Wildman–Crippen LogP) is 3.21. The number of aryl methyl sites for hydroxylation is 3. The fourth-order valence-electron chi connectivity index (χ4n) is 3.55. The highest BCUT2D eigenvalue weighted by molar-refractivity contribution is 7.18. The van der Waals surface area contributed by atoms with Gasteiger partial charge in [0.15, 0.2) is 11.5 Å². The molecule has 0 saturated heterocycles. The van der Waals surface area contributed by atoms with Gasteiger partial charge in [0.05, 0.1) is 36.9 Å². The van der Waals surface area contributed by atoms with Gasteiger partial charge in [-0.3, -0.25) is 14.2 Å². The molecule has 3 aromatic rings. The molecule has 4 rings (SSSR count). The molecule has 0 radical (unpaired) electrons. The Bertz CT molecular complexity index is 1190. The summed E-state index contributed by atoms with van der Waals surface area (Å²) in [5, 5.41) is 9.65. The van der Waals surface area contributed by atoms with E-state index in [4.69, 9.17) is 14.7 Å². The highest BCUT2D eigenvalue weighted by Gasteiger charge is 2.20. The van der Waals surface area contributed by atoms with Gasteiger partial charge in [-0.2, -0.15) is 5.26 Å². The number of rotatable bonds is 5. The van der Waals surface area contributed by atoms with Crippen molar-refractivity contribution in [1.29, 1.82) is 5.26 Å². The van der Waals surface area contributed by atoms with Crippen LogP contribution in [0.2, 0.25) is 0 Å². The average molecular weight is 409 g/mol. The lowest BCUT2D eigenvalue weighted by atomic mass is 9.97. The molecule has 0 N–H and O–H groups in total. The largest absolute Gasteiger partial charge is 0.493 e. The first-order valence-corrected chi connectivity index (χ1v) is 10.2. The van der Waals surface area contributed by atoms with Gasteiger partial charge in [-0.05, 0) is 43.4 Å². The maximum absolute atomic E-state index is 12.9. The number of hydrogen-bond acceptors (Lipinski definition) is 7. The number of aromatic nitrogens is 2. The summed E-state index contributed by atoms with van der Waals surface area (Å²) in [6, 6.07) is 6.58. The van der Waals surface area contributed by atoms with Crippen LogP contribution in [0.1, 0.15) is 35.3 Å². The Kier molecular flexibility index (Phi) is 5.32. The lowest BCUT2D eigenvalue weighted by Gasteiger charge is -2.11. The maximum Gasteiger partial charge on any atom is 0.313 e. The number of carbonyl (C=O) groups is 1. The number of esters is 1. The first kappa shape index (κ1) is 19.2. The number of carbonyl (C=O) groups excluding carboxylic acids is 1. The van der Waals surface area contributed by atoms with Gasteiger partial charge in [-0.1, -0.05) is 0 Å². The molecule has 1 aliphatic rings. The minimum atomic E-state index is -0.493. The quantitative estimate of drug-likeness (QED) is 0.474. The molecule has 0 saturated carbocycles. The fraction of sp³-hybridized carbons (Fsp3) is 0.333. The second-order valence-corrected chi connectivity index (χ2v) is 7.92. The summed E-state index contributed by atoms with van der Waals surface area (Å²) in [4.78, 5) is 31.7. The highest BCUT2D eigenvalue weighted by Crippen LogP contribution is 2.33. The third-order valence-electron chi connectivity index (χ3n) is 5.02. The number of methoxy groups -OCH3 is 1. The number of benzene rings is 1. The summed E-state index contributed by atoms with van der Waals surface area (Å²) >= 11 is 1.60. The van der Waals surface area contributed by atoms with Crippen LogP contribution < -0.4 is 15.0 Å². The van der Waals surface area contributed by atoms with Crippen molar-refractivity contribution in [2.45, 2.75) is 38.6 Å². The zero-order chi connectivity index (χ0) is 20.4. The molecule has 0 aliphatic heterocycles. The predicted molar refractivity (Wildman–Crippen MR) is 108 cm³/mol. The second kappa shape index (κ2) is 8.05. The smallest absolute Gasteiger partial charge is 0.313 e. The summed E-state index contributed by atoms with van der Waals surface area (Å²) in [7, 11) is 1.44. The molecule has 0 atom stereocenters. The Morgan fingerprint density at radius 3 is 2.93 bits per heavy atom. The standard InChI is InChI=1S/C21H19N3O4S/c1-27-16-10-13(11-22)6-7-15(16)28-18(25)8-9-24-12-23-20-19(21(24)26)14-4-2-3-5-17(14)29-20/h6-7,10,12H,2-5,8-9H2,1H3. The molecule has 0 unspecified atom stereocenters. The molecule has 2 heterocycles. The monoisotopic (exact) mass is 409 g/mol. The number of nitrogens with zero attached hydrogens (tertiary/aromatic N) is 3. The van der Waals surface area contributed by atoms with Crippen LogP contribution >= 0.6 is 11.3 Å². The number of nitriles is 1. The van der Waals surface area contributed by atoms with Crippen LogP contribution in [-0.2, 0) is 24.2 Å². The molecule has 148 valence electrons. The fourth-order valence-corrected chi connectivity index (χ4v) is 4.77. The van der Waals surface area contributed by atoms with Crippen LogP contribution in [0.25, 0.3) is 10.2 Å². The molecule has 0 fully saturated rings. The minimum Gasteiger partial charge on any atom is -0.493 e. The minimum absolute atomic E-state index is 0.0164. The van der Waals surface area contributed by atoms with Crippen molar-refractivity contribution >= 4 is 27.5 Å². The Labute approximate surface area is 171 Å². The molecule has 0 bridgehead atoms. The van der Waals surface area contributed by atoms with Crippen LogP contribution in [0.5, 0.6) is 11.5 Å². The van der Waals surface area contributed by atoms with E-state index in [1.165, 1.54) is 35.0 Å². The van der Waals surface area contributed by atoms with Gasteiger partial charge >= 0.3 is 5.97 Å². The molecular formula is C21H19N3O4S. The van der Waals surface area contributed by atoms with Crippen LogP contribution in [0, 0.1) is 11.3 Å². The van der Waals surface area contributed by atoms with Gasteiger partial charge in [-0.15, -0.1) is 11.3 Å². The third kappa shape index (κ3) is 3.74. The molecule has 2 aromatic heterocycles. The Balaban J connectivity index is 1.50. The van der Waals surface area contributed by atoms with Gasteiger partial charge < -0.3 is 9.47 Å². The van der Waals surface area contributed by atoms with E-state index < -0.39 is 5.97 Å². The van der Waals surface area contributed by atoms with Gasteiger partial charge in [0.25, 0.3) is 5.56 Å². The van der Waals surface area contributed by atoms with E-state index in [2.05, 4.69) is 4.98 Å². The van der Waals surface area contributed by atoms with Crippen molar-refractivity contribution in [3.63, 3.8) is 0 Å². The Morgan fingerprint density at radius 2 is 2.14 bits per heavy atom. The third-order valence-corrected chi connectivity index (χ3v) is 6.21. The maximum atomic E-state index is 12.9. The van der Waals surface area contributed by atoms with Crippen LogP contribution in [0.4, 0.5) is 0 Å². The lowest BCUT2D eigenvalue weighted by molar-refractivity contribution is -0.134. The molecular weight excluding hydrogens is 390 g/mol. The van der Waals surface area contributed by atoms with E-state index in [0.717, 1.165) is 36.1 Å². The number of fused-ring (bicyclic) bond motifs is 3. The first-order chi connectivity index (χ1) is 14.1. The van der Waals surface area contributed by atoms with Crippen LogP contribution in [-0.4, -0.2) is 22.6 Å². The van der Waals surface area contributed by atoms with Crippen LogP contribution in [0.3, 0.4) is 0 Å². The zero-order valence-electron chi connectivity index (χ0n) is 15.9. The van der Waals surface area contributed by atoms with Crippen molar-refractivity contribution < 1.29 is 14.3 Å².